The average Bonchev–Trinajstić information content (AvgIpc) is 2.73. The molecule has 2 aromatic carbocycles. The van der Waals surface area contributed by atoms with Crippen LogP contribution in [0.4, 0.5) is 0 Å². The molecule has 0 aliphatic carbocycles. The summed E-state index contributed by atoms with van der Waals surface area (Å²) in [6.45, 7) is 5.94. The maximum absolute atomic E-state index is 13.1. The number of carbonyl (C=O) groups excluding carboxylic acids is 2. The highest BCUT2D eigenvalue weighted by Crippen LogP contribution is 2.24. The van der Waals surface area contributed by atoms with Crippen LogP contribution in [0.25, 0.3) is 0 Å². The quantitative estimate of drug-likeness (QED) is 0.380. The number of rotatable bonds is 10. The summed E-state index contributed by atoms with van der Waals surface area (Å²) >= 11 is 17.3. The summed E-state index contributed by atoms with van der Waals surface area (Å²) in [5.74, 6) is 0.690. The molecule has 2 rings (SSSR count). The van der Waals surface area contributed by atoms with E-state index >= 15 is 0 Å². The molecule has 0 heterocycles. The van der Waals surface area contributed by atoms with Crippen molar-refractivity contribution in [2.75, 3.05) is 5.75 Å². The van der Waals surface area contributed by atoms with E-state index in [4.69, 9.17) is 23.2 Å². The lowest BCUT2D eigenvalue weighted by Crippen LogP contribution is -2.50. The molecule has 168 valence electrons. The van der Waals surface area contributed by atoms with Gasteiger partial charge in [-0.2, -0.15) is 0 Å². The van der Waals surface area contributed by atoms with Crippen LogP contribution < -0.4 is 5.32 Å². The molecule has 0 unspecified atom stereocenters. The van der Waals surface area contributed by atoms with Crippen molar-refractivity contribution in [3.8, 4) is 0 Å². The number of halogens is 3. The molecule has 4 nitrogen and oxygen atoms in total. The molecule has 0 aromatic heterocycles. The van der Waals surface area contributed by atoms with Crippen LogP contribution in [0.1, 0.15) is 38.3 Å². The van der Waals surface area contributed by atoms with Crippen molar-refractivity contribution in [2.45, 2.75) is 51.6 Å². The van der Waals surface area contributed by atoms with Gasteiger partial charge in [-0.3, -0.25) is 9.59 Å². The first-order chi connectivity index (χ1) is 14.7. The summed E-state index contributed by atoms with van der Waals surface area (Å²) in [7, 11) is 0. The van der Waals surface area contributed by atoms with Crippen LogP contribution in [-0.2, 0) is 21.9 Å². The average molecular weight is 546 g/mol. The maximum atomic E-state index is 13.1. The predicted molar refractivity (Wildman–Crippen MR) is 135 cm³/mol. The highest BCUT2D eigenvalue weighted by atomic mass is 79.9. The third-order valence-corrected chi connectivity index (χ3v) is 7.04. The van der Waals surface area contributed by atoms with Crippen molar-refractivity contribution >= 4 is 62.7 Å². The summed E-state index contributed by atoms with van der Waals surface area (Å²) in [6.07, 6.45) is 0.818. The number of carbonyl (C=O) groups is 2. The first kappa shape index (κ1) is 26.0. The fourth-order valence-corrected chi connectivity index (χ4v) is 4.40. The van der Waals surface area contributed by atoms with E-state index < -0.39 is 6.04 Å². The third-order valence-electron chi connectivity index (χ3n) is 4.93. The lowest BCUT2D eigenvalue weighted by atomic mass is 10.1. The molecule has 1 N–H and O–H groups in total. The Hall–Kier alpha value is -1.21. The molecule has 0 aliphatic heterocycles. The molecular weight excluding hydrogens is 519 g/mol. The van der Waals surface area contributed by atoms with Gasteiger partial charge in [-0.25, -0.2) is 0 Å². The van der Waals surface area contributed by atoms with Crippen LogP contribution >= 0.6 is 50.9 Å². The Morgan fingerprint density at radius 3 is 2.42 bits per heavy atom. The summed E-state index contributed by atoms with van der Waals surface area (Å²) in [4.78, 5) is 27.4. The van der Waals surface area contributed by atoms with Crippen LogP contribution in [0, 0.1) is 0 Å². The van der Waals surface area contributed by atoms with E-state index in [1.807, 2.05) is 38.1 Å². The zero-order valence-electron chi connectivity index (χ0n) is 17.8. The van der Waals surface area contributed by atoms with Crippen LogP contribution in [0.3, 0.4) is 0 Å². The second-order valence-electron chi connectivity index (χ2n) is 7.37. The molecule has 2 amide bonds. The minimum absolute atomic E-state index is 0.0396. The number of hydrogen-bond donors (Lipinski definition) is 1. The molecule has 0 saturated heterocycles. The number of nitrogens with one attached hydrogen (secondary N) is 1. The van der Waals surface area contributed by atoms with Crippen molar-refractivity contribution < 1.29 is 9.59 Å². The van der Waals surface area contributed by atoms with E-state index in [-0.39, 0.29) is 30.2 Å². The highest BCUT2D eigenvalue weighted by Gasteiger charge is 2.27. The van der Waals surface area contributed by atoms with E-state index in [0.29, 0.717) is 15.8 Å². The van der Waals surface area contributed by atoms with Gasteiger partial charge in [-0.05, 0) is 55.7 Å². The molecule has 2 aromatic rings. The standard InChI is InChI=1S/C23H27BrCl2N2O2S/c1-4-15(2)27-23(30)16(3)28(12-18-7-10-20(25)11-21(18)26)22(29)14-31-13-17-5-8-19(24)9-6-17/h5-11,15-16H,4,12-14H2,1-3H3,(H,27,30)/t15-,16-/m1/s1. The molecule has 31 heavy (non-hydrogen) atoms. The smallest absolute Gasteiger partial charge is 0.242 e. The maximum Gasteiger partial charge on any atom is 0.242 e. The van der Waals surface area contributed by atoms with Gasteiger partial charge in [0.25, 0.3) is 0 Å². The lowest BCUT2D eigenvalue weighted by molar-refractivity contribution is -0.138. The number of thioether (sulfide) groups is 1. The van der Waals surface area contributed by atoms with E-state index in [2.05, 4.69) is 21.2 Å². The first-order valence-electron chi connectivity index (χ1n) is 10.1. The van der Waals surface area contributed by atoms with Crippen LogP contribution in [0.2, 0.25) is 10.0 Å². The molecule has 2 atom stereocenters. The Balaban J connectivity index is 2.11. The lowest BCUT2D eigenvalue weighted by Gasteiger charge is -2.30. The molecule has 0 saturated carbocycles. The summed E-state index contributed by atoms with van der Waals surface area (Å²) in [6, 6.07) is 12.6. The molecule has 0 aliphatic rings. The normalized spacial score (nSPS) is 12.8. The van der Waals surface area contributed by atoms with Crippen LogP contribution in [0.5, 0.6) is 0 Å². The summed E-state index contributed by atoms with van der Waals surface area (Å²) in [5, 5.41) is 3.96. The van der Waals surface area contributed by atoms with Gasteiger partial charge in [0.1, 0.15) is 6.04 Å². The van der Waals surface area contributed by atoms with Gasteiger partial charge in [0.05, 0.1) is 5.75 Å². The van der Waals surface area contributed by atoms with Gasteiger partial charge in [-0.1, -0.05) is 64.3 Å². The summed E-state index contributed by atoms with van der Waals surface area (Å²) in [5.41, 5.74) is 1.89. The topological polar surface area (TPSA) is 49.4 Å². The third kappa shape index (κ3) is 8.33. The Kier molecular flexibility index (Phi) is 10.7. The fourth-order valence-electron chi connectivity index (χ4n) is 2.80. The Morgan fingerprint density at radius 1 is 1.13 bits per heavy atom. The molecular formula is C23H27BrCl2N2O2S. The number of hydrogen-bond acceptors (Lipinski definition) is 3. The molecule has 0 fully saturated rings. The largest absolute Gasteiger partial charge is 0.352 e. The van der Waals surface area contributed by atoms with Crippen LogP contribution in [0.15, 0.2) is 46.9 Å². The van der Waals surface area contributed by atoms with Crippen molar-refractivity contribution in [1.82, 2.24) is 10.2 Å². The number of nitrogens with zero attached hydrogens (tertiary/aromatic N) is 1. The van der Waals surface area contributed by atoms with Gasteiger partial charge < -0.3 is 10.2 Å². The van der Waals surface area contributed by atoms with Gasteiger partial charge in [0, 0.05) is 32.9 Å². The van der Waals surface area contributed by atoms with E-state index in [1.54, 1.807) is 30.0 Å². The van der Waals surface area contributed by atoms with Gasteiger partial charge in [0.2, 0.25) is 11.8 Å². The van der Waals surface area contributed by atoms with Crippen molar-refractivity contribution in [1.29, 1.82) is 0 Å². The Bertz CT molecular complexity index is 896. The second-order valence-corrected chi connectivity index (χ2v) is 10.1. The molecule has 0 bridgehead atoms. The van der Waals surface area contributed by atoms with Gasteiger partial charge in [0.15, 0.2) is 0 Å². The second kappa shape index (κ2) is 12.7. The van der Waals surface area contributed by atoms with Crippen molar-refractivity contribution in [3.63, 3.8) is 0 Å². The Morgan fingerprint density at radius 2 is 1.81 bits per heavy atom. The minimum Gasteiger partial charge on any atom is -0.352 e. The minimum atomic E-state index is -0.624. The molecule has 0 radical (unpaired) electrons. The molecule has 8 heteroatoms. The van der Waals surface area contributed by atoms with Crippen molar-refractivity contribution in [3.05, 3.63) is 68.1 Å². The van der Waals surface area contributed by atoms with Gasteiger partial charge >= 0.3 is 0 Å². The summed E-state index contributed by atoms with van der Waals surface area (Å²) < 4.78 is 1.02. The fraction of sp³-hybridized carbons (Fsp3) is 0.391. The Labute approximate surface area is 207 Å². The first-order valence-corrected chi connectivity index (χ1v) is 12.8. The van der Waals surface area contributed by atoms with E-state index in [1.165, 1.54) is 11.8 Å². The number of benzene rings is 2. The molecule has 0 spiro atoms. The zero-order chi connectivity index (χ0) is 23.0. The SMILES string of the molecule is CC[C@@H](C)NC(=O)[C@@H](C)N(Cc1ccc(Cl)cc1Cl)C(=O)CSCc1ccc(Br)cc1. The number of amides is 2. The van der Waals surface area contributed by atoms with E-state index in [9.17, 15) is 9.59 Å². The van der Waals surface area contributed by atoms with Gasteiger partial charge in [-0.15, -0.1) is 11.8 Å². The predicted octanol–water partition coefficient (Wildman–Crippen LogP) is 6.32. The zero-order valence-corrected chi connectivity index (χ0v) is 21.7. The van der Waals surface area contributed by atoms with E-state index in [0.717, 1.165) is 22.0 Å². The van der Waals surface area contributed by atoms with Crippen LogP contribution in [-0.4, -0.2) is 34.6 Å². The highest BCUT2D eigenvalue weighted by molar-refractivity contribution is 9.10. The monoisotopic (exact) mass is 544 g/mol. The van der Waals surface area contributed by atoms with Crippen molar-refractivity contribution in [2.24, 2.45) is 0 Å².